The molecule has 1 aromatic heterocycles. The molecule has 1 aliphatic rings. The van der Waals surface area contributed by atoms with Crippen LogP contribution in [-0.4, -0.2) is 10.1 Å². The third-order valence-electron chi connectivity index (χ3n) is 3.78. The van der Waals surface area contributed by atoms with E-state index in [1.807, 2.05) is 6.07 Å². The summed E-state index contributed by atoms with van der Waals surface area (Å²) in [5, 5.41) is 10.6. The predicted octanol–water partition coefficient (Wildman–Crippen LogP) is 4.69. The molecule has 100 valence electrons. The fraction of sp³-hybridized carbons (Fsp3) is 0.188. The highest BCUT2D eigenvalue weighted by atomic mass is 32.1. The Morgan fingerprint density at radius 2 is 1.95 bits per heavy atom. The van der Waals surface area contributed by atoms with E-state index in [-0.39, 0.29) is 5.82 Å². The van der Waals surface area contributed by atoms with Gasteiger partial charge >= 0.3 is 0 Å². The summed E-state index contributed by atoms with van der Waals surface area (Å²) in [4.78, 5) is 4.36. The van der Waals surface area contributed by atoms with Gasteiger partial charge in [-0.1, -0.05) is 12.1 Å². The number of hydrogen-bond acceptors (Lipinski definition) is 3. The van der Waals surface area contributed by atoms with Crippen LogP contribution in [0.4, 0.5) is 4.39 Å². The molecular weight excluding hydrogens is 273 g/mol. The van der Waals surface area contributed by atoms with Crippen LogP contribution < -0.4 is 0 Å². The molecule has 1 fully saturated rings. The molecule has 1 N–H and O–H groups in total. The minimum absolute atomic E-state index is 0.277. The first-order valence-corrected chi connectivity index (χ1v) is 7.47. The van der Waals surface area contributed by atoms with E-state index in [9.17, 15) is 9.50 Å². The second-order valence-corrected chi connectivity index (χ2v) is 6.06. The monoisotopic (exact) mass is 285 g/mol. The molecule has 0 bridgehead atoms. The molecule has 0 radical (unpaired) electrons. The van der Waals surface area contributed by atoms with Crippen LogP contribution in [0.25, 0.3) is 21.3 Å². The maximum absolute atomic E-state index is 13.1. The molecule has 3 aromatic rings. The molecule has 1 heterocycles. The van der Waals surface area contributed by atoms with E-state index in [1.165, 1.54) is 12.1 Å². The van der Waals surface area contributed by atoms with Gasteiger partial charge in [0.15, 0.2) is 0 Å². The van der Waals surface area contributed by atoms with Crippen LogP contribution in [0.1, 0.15) is 24.3 Å². The summed E-state index contributed by atoms with van der Waals surface area (Å²) >= 11 is 1.57. The van der Waals surface area contributed by atoms with Crippen LogP contribution >= 0.6 is 11.3 Å². The zero-order valence-electron chi connectivity index (χ0n) is 10.6. The molecule has 20 heavy (non-hydrogen) atoms. The van der Waals surface area contributed by atoms with E-state index >= 15 is 0 Å². The topological polar surface area (TPSA) is 33.1 Å². The van der Waals surface area contributed by atoms with Gasteiger partial charge in [0.2, 0.25) is 0 Å². The number of aromatic hydroxyl groups is 1. The first kappa shape index (κ1) is 11.9. The number of rotatable bonds is 2. The summed E-state index contributed by atoms with van der Waals surface area (Å²) in [6.07, 6.45) is 2.25. The van der Waals surface area contributed by atoms with Crippen molar-refractivity contribution >= 4 is 21.6 Å². The third kappa shape index (κ3) is 1.79. The quantitative estimate of drug-likeness (QED) is 0.741. The fourth-order valence-corrected chi connectivity index (χ4v) is 3.34. The van der Waals surface area contributed by atoms with Gasteiger partial charge in [-0.05, 0) is 48.1 Å². The summed E-state index contributed by atoms with van der Waals surface area (Å²) in [7, 11) is 0. The van der Waals surface area contributed by atoms with Crippen molar-refractivity contribution in [2.24, 2.45) is 0 Å². The Kier molecular flexibility index (Phi) is 2.54. The van der Waals surface area contributed by atoms with Crippen molar-refractivity contribution in [3.8, 4) is 16.9 Å². The van der Waals surface area contributed by atoms with Gasteiger partial charge in [0.25, 0.3) is 0 Å². The van der Waals surface area contributed by atoms with E-state index in [4.69, 9.17) is 0 Å². The average Bonchev–Trinajstić information content (AvgIpc) is 3.18. The minimum atomic E-state index is -0.277. The number of benzene rings is 2. The largest absolute Gasteiger partial charge is 0.507 e. The Labute approximate surface area is 119 Å². The van der Waals surface area contributed by atoms with Crippen LogP contribution in [-0.2, 0) is 0 Å². The molecule has 4 heteroatoms. The highest BCUT2D eigenvalue weighted by Crippen LogP contribution is 2.49. The lowest BCUT2D eigenvalue weighted by atomic mass is 9.98. The van der Waals surface area contributed by atoms with Crippen LogP contribution in [0.2, 0.25) is 0 Å². The van der Waals surface area contributed by atoms with Crippen molar-refractivity contribution in [2.45, 2.75) is 18.8 Å². The zero-order chi connectivity index (χ0) is 13.7. The smallest absolute Gasteiger partial charge is 0.129 e. The average molecular weight is 285 g/mol. The van der Waals surface area contributed by atoms with Gasteiger partial charge in [0.05, 0.1) is 21.3 Å². The van der Waals surface area contributed by atoms with Gasteiger partial charge in [-0.25, -0.2) is 9.37 Å². The molecule has 0 saturated heterocycles. The Balaban J connectivity index is 2.02. The Hall–Kier alpha value is -1.94. The zero-order valence-corrected chi connectivity index (χ0v) is 11.5. The van der Waals surface area contributed by atoms with Crippen LogP contribution in [0, 0.1) is 5.82 Å². The molecule has 4 rings (SSSR count). The second-order valence-electron chi connectivity index (χ2n) is 5.17. The summed E-state index contributed by atoms with van der Waals surface area (Å²) in [6.45, 7) is 0. The summed E-state index contributed by atoms with van der Waals surface area (Å²) in [6, 6.07) is 8.26. The van der Waals surface area contributed by atoms with Crippen molar-refractivity contribution in [1.82, 2.24) is 4.98 Å². The SMILES string of the molecule is Oc1c(C2CC2)cc2scnc2c1-c1ccc(F)cc1. The van der Waals surface area contributed by atoms with Crippen LogP contribution in [0.5, 0.6) is 5.75 Å². The van der Waals surface area contributed by atoms with Crippen LogP contribution in [0.3, 0.4) is 0 Å². The Morgan fingerprint density at radius 1 is 1.20 bits per heavy atom. The number of hydrogen-bond donors (Lipinski definition) is 1. The lowest BCUT2D eigenvalue weighted by Gasteiger charge is -2.11. The van der Waals surface area contributed by atoms with E-state index in [0.717, 1.165) is 39.7 Å². The minimum Gasteiger partial charge on any atom is -0.507 e. The Morgan fingerprint density at radius 3 is 2.65 bits per heavy atom. The Bertz CT molecular complexity index is 790. The molecule has 2 aromatic carbocycles. The summed E-state index contributed by atoms with van der Waals surface area (Å²) in [5.74, 6) is 0.485. The number of thiazole rings is 1. The van der Waals surface area contributed by atoms with Gasteiger partial charge in [0.1, 0.15) is 11.6 Å². The fourth-order valence-electron chi connectivity index (χ4n) is 2.61. The highest BCUT2D eigenvalue weighted by Gasteiger charge is 2.29. The van der Waals surface area contributed by atoms with Gasteiger partial charge < -0.3 is 5.11 Å². The van der Waals surface area contributed by atoms with Crippen molar-refractivity contribution in [2.75, 3.05) is 0 Å². The number of aromatic nitrogens is 1. The molecule has 0 amide bonds. The summed E-state index contributed by atoms with van der Waals surface area (Å²) in [5.41, 5.74) is 5.12. The van der Waals surface area contributed by atoms with Gasteiger partial charge in [-0.3, -0.25) is 0 Å². The molecule has 1 saturated carbocycles. The van der Waals surface area contributed by atoms with Crippen molar-refractivity contribution in [1.29, 1.82) is 0 Å². The normalized spacial score (nSPS) is 14.8. The molecule has 1 aliphatic carbocycles. The van der Waals surface area contributed by atoms with Gasteiger partial charge in [0, 0.05) is 0 Å². The molecule has 0 atom stereocenters. The number of fused-ring (bicyclic) bond motifs is 1. The number of phenolic OH excluding ortho intramolecular Hbond substituents is 1. The predicted molar refractivity (Wildman–Crippen MR) is 78.7 cm³/mol. The molecule has 0 unspecified atom stereocenters. The highest BCUT2D eigenvalue weighted by molar-refractivity contribution is 7.16. The van der Waals surface area contributed by atoms with Gasteiger partial charge in [-0.15, -0.1) is 11.3 Å². The van der Waals surface area contributed by atoms with E-state index < -0.39 is 0 Å². The molecule has 2 nitrogen and oxygen atoms in total. The molecule has 0 spiro atoms. The van der Waals surface area contributed by atoms with E-state index in [0.29, 0.717) is 11.7 Å². The molecule has 0 aliphatic heterocycles. The first-order chi connectivity index (χ1) is 9.74. The number of nitrogens with zero attached hydrogens (tertiary/aromatic N) is 1. The maximum atomic E-state index is 13.1. The maximum Gasteiger partial charge on any atom is 0.129 e. The summed E-state index contributed by atoms with van der Waals surface area (Å²) < 4.78 is 14.2. The number of halogens is 1. The first-order valence-electron chi connectivity index (χ1n) is 6.59. The van der Waals surface area contributed by atoms with Gasteiger partial charge in [-0.2, -0.15) is 0 Å². The molecular formula is C16H12FNOS. The lowest BCUT2D eigenvalue weighted by molar-refractivity contribution is 0.471. The van der Waals surface area contributed by atoms with Crippen LogP contribution in [0.15, 0.2) is 35.8 Å². The van der Waals surface area contributed by atoms with Crippen molar-refractivity contribution in [3.05, 3.63) is 47.2 Å². The van der Waals surface area contributed by atoms with Crippen molar-refractivity contribution < 1.29 is 9.50 Å². The number of phenols is 1. The second kappa shape index (κ2) is 4.28. The third-order valence-corrected chi connectivity index (χ3v) is 4.55. The van der Waals surface area contributed by atoms with E-state index in [2.05, 4.69) is 4.98 Å². The van der Waals surface area contributed by atoms with E-state index in [1.54, 1.807) is 29.0 Å². The lowest BCUT2D eigenvalue weighted by Crippen LogP contribution is -1.88. The standard InChI is InChI=1S/C16H12FNOS/c17-11-5-3-10(4-6-11)14-15-13(20-8-18-15)7-12(16(14)19)9-1-2-9/h3-9,19H,1-2H2. The van der Waals surface area contributed by atoms with Crippen molar-refractivity contribution in [3.63, 3.8) is 0 Å².